The van der Waals surface area contributed by atoms with Crippen LogP contribution in [0.15, 0.2) is 30.3 Å². The van der Waals surface area contributed by atoms with Crippen molar-refractivity contribution in [1.29, 1.82) is 0 Å². The quantitative estimate of drug-likeness (QED) is 0.585. The van der Waals surface area contributed by atoms with Crippen LogP contribution in [0.1, 0.15) is 44.0 Å². The van der Waals surface area contributed by atoms with E-state index < -0.39 is 24.0 Å². The van der Waals surface area contributed by atoms with Gasteiger partial charge in [0.2, 0.25) is 0 Å². The number of nitrogens with one attached hydrogen (secondary N) is 2. The number of amides is 3. The molecule has 1 atom stereocenters. The second-order valence-electron chi connectivity index (χ2n) is 5.54. The molecular weight excluding hydrogens is 312 g/mol. The van der Waals surface area contributed by atoms with Crippen LogP contribution in [-0.4, -0.2) is 35.8 Å². The van der Waals surface area contributed by atoms with Gasteiger partial charge in [0.1, 0.15) is 0 Å². The highest BCUT2D eigenvalue weighted by Crippen LogP contribution is 2.06. The van der Waals surface area contributed by atoms with Crippen molar-refractivity contribution in [2.45, 2.75) is 45.8 Å². The number of imide groups is 1. The maximum Gasteiger partial charge on any atom is 0.321 e. The molecule has 2 N–H and O–H groups in total. The Morgan fingerprint density at radius 1 is 1.00 bits per heavy atom. The summed E-state index contributed by atoms with van der Waals surface area (Å²) in [5.74, 6) is -1.58. The minimum Gasteiger partial charge on any atom is -0.453 e. The lowest BCUT2D eigenvalue weighted by molar-refractivity contribution is -0.154. The van der Waals surface area contributed by atoms with E-state index in [0.717, 1.165) is 0 Å². The number of carbonyl (C=O) groups is 4. The SMILES string of the molecule is CC(C)NC(=O)NC(=O)[C@@H](C)OC(=O)CCC(=O)c1ccccc1. The molecule has 1 rings (SSSR count). The molecule has 3 amide bonds. The Morgan fingerprint density at radius 3 is 2.21 bits per heavy atom. The minimum absolute atomic E-state index is 0.00891. The number of carbonyl (C=O) groups excluding carboxylic acids is 4. The van der Waals surface area contributed by atoms with Crippen molar-refractivity contribution in [3.8, 4) is 0 Å². The van der Waals surface area contributed by atoms with Crippen LogP contribution in [0.3, 0.4) is 0 Å². The normalized spacial score (nSPS) is 11.5. The molecular formula is C17H22N2O5. The Bertz CT molecular complexity index is 598. The summed E-state index contributed by atoms with van der Waals surface area (Å²) in [5.41, 5.74) is 0.515. The van der Waals surface area contributed by atoms with E-state index in [9.17, 15) is 19.2 Å². The van der Waals surface area contributed by atoms with Crippen LogP contribution in [0.2, 0.25) is 0 Å². The van der Waals surface area contributed by atoms with Gasteiger partial charge in [-0.1, -0.05) is 30.3 Å². The zero-order chi connectivity index (χ0) is 18.1. The van der Waals surface area contributed by atoms with E-state index in [1.807, 2.05) is 0 Å². The Kier molecular flexibility index (Phi) is 7.61. The van der Waals surface area contributed by atoms with Gasteiger partial charge in [0, 0.05) is 18.0 Å². The molecule has 24 heavy (non-hydrogen) atoms. The largest absolute Gasteiger partial charge is 0.453 e. The number of hydrogen-bond acceptors (Lipinski definition) is 5. The summed E-state index contributed by atoms with van der Waals surface area (Å²) in [6.07, 6.45) is -1.27. The molecule has 0 aliphatic carbocycles. The smallest absolute Gasteiger partial charge is 0.321 e. The fourth-order valence-electron chi connectivity index (χ4n) is 1.81. The molecule has 0 bridgehead atoms. The summed E-state index contributed by atoms with van der Waals surface area (Å²) in [6.45, 7) is 4.85. The first-order valence-corrected chi connectivity index (χ1v) is 7.68. The summed E-state index contributed by atoms with van der Waals surface area (Å²) >= 11 is 0. The van der Waals surface area contributed by atoms with Gasteiger partial charge in [0.25, 0.3) is 5.91 Å². The number of Topliss-reactive ketones (excluding diaryl/α,β-unsaturated/α-hetero) is 1. The number of ether oxygens (including phenoxy) is 1. The van der Waals surface area contributed by atoms with Crippen molar-refractivity contribution in [3.63, 3.8) is 0 Å². The van der Waals surface area contributed by atoms with E-state index in [4.69, 9.17) is 4.74 Å². The van der Waals surface area contributed by atoms with Crippen molar-refractivity contribution in [2.24, 2.45) is 0 Å². The molecule has 0 fully saturated rings. The highest BCUT2D eigenvalue weighted by Gasteiger charge is 2.20. The molecule has 0 unspecified atom stereocenters. The molecule has 0 aromatic heterocycles. The lowest BCUT2D eigenvalue weighted by Crippen LogP contribution is -2.46. The van der Waals surface area contributed by atoms with Gasteiger partial charge >= 0.3 is 12.0 Å². The lowest BCUT2D eigenvalue weighted by Gasteiger charge is -2.14. The zero-order valence-corrected chi connectivity index (χ0v) is 14.0. The van der Waals surface area contributed by atoms with E-state index in [1.54, 1.807) is 44.2 Å². The van der Waals surface area contributed by atoms with Crippen molar-refractivity contribution in [1.82, 2.24) is 10.6 Å². The fourth-order valence-corrected chi connectivity index (χ4v) is 1.81. The Hall–Kier alpha value is -2.70. The van der Waals surface area contributed by atoms with Crippen LogP contribution in [0.4, 0.5) is 4.79 Å². The van der Waals surface area contributed by atoms with Crippen molar-refractivity contribution in [3.05, 3.63) is 35.9 Å². The third-order valence-electron chi connectivity index (χ3n) is 2.99. The van der Waals surface area contributed by atoms with Gasteiger partial charge in [-0.25, -0.2) is 4.79 Å². The van der Waals surface area contributed by atoms with Crippen LogP contribution < -0.4 is 10.6 Å². The van der Waals surface area contributed by atoms with E-state index in [2.05, 4.69) is 10.6 Å². The number of urea groups is 1. The number of benzene rings is 1. The Labute approximate surface area is 140 Å². The predicted molar refractivity (Wildman–Crippen MR) is 87.4 cm³/mol. The van der Waals surface area contributed by atoms with E-state index in [0.29, 0.717) is 5.56 Å². The first kappa shape index (κ1) is 19.3. The Balaban J connectivity index is 2.37. The van der Waals surface area contributed by atoms with Crippen LogP contribution in [0.25, 0.3) is 0 Å². The molecule has 130 valence electrons. The van der Waals surface area contributed by atoms with Gasteiger partial charge in [0.05, 0.1) is 6.42 Å². The molecule has 0 aliphatic heterocycles. The molecule has 7 heteroatoms. The summed E-state index contributed by atoms with van der Waals surface area (Å²) in [7, 11) is 0. The molecule has 1 aromatic carbocycles. The zero-order valence-electron chi connectivity index (χ0n) is 14.0. The average Bonchev–Trinajstić information content (AvgIpc) is 2.52. The monoisotopic (exact) mass is 334 g/mol. The number of hydrogen-bond donors (Lipinski definition) is 2. The maximum absolute atomic E-state index is 11.9. The average molecular weight is 334 g/mol. The molecule has 0 aliphatic rings. The summed E-state index contributed by atoms with van der Waals surface area (Å²) in [4.78, 5) is 46.7. The van der Waals surface area contributed by atoms with Crippen molar-refractivity contribution >= 4 is 23.7 Å². The third kappa shape index (κ3) is 7.04. The van der Waals surface area contributed by atoms with Crippen LogP contribution in [0, 0.1) is 0 Å². The van der Waals surface area contributed by atoms with Gasteiger partial charge in [0.15, 0.2) is 11.9 Å². The lowest BCUT2D eigenvalue weighted by atomic mass is 10.1. The van der Waals surface area contributed by atoms with Gasteiger partial charge < -0.3 is 10.1 Å². The second-order valence-corrected chi connectivity index (χ2v) is 5.54. The second kappa shape index (κ2) is 9.44. The maximum atomic E-state index is 11.9. The summed E-state index contributed by atoms with van der Waals surface area (Å²) in [5, 5.41) is 4.56. The van der Waals surface area contributed by atoms with Crippen molar-refractivity contribution in [2.75, 3.05) is 0 Å². The van der Waals surface area contributed by atoms with Crippen molar-refractivity contribution < 1.29 is 23.9 Å². The highest BCUT2D eigenvalue weighted by molar-refractivity contribution is 5.98. The summed E-state index contributed by atoms with van der Waals surface area (Å²) < 4.78 is 4.92. The van der Waals surface area contributed by atoms with E-state index in [-0.39, 0.29) is 24.7 Å². The molecule has 7 nitrogen and oxygen atoms in total. The molecule has 0 radical (unpaired) electrons. The van der Waals surface area contributed by atoms with E-state index >= 15 is 0 Å². The van der Waals surface area contributed by atoms with E-state index in [1.165, 1.54) is 6.92 Å². The number of rotatable bonds is 7. The van der Waals surface area contributed by atoms with Crippen LogP contribution >= 0.6 is 0 Å². The van der Waals surface area contributed by atoms with Crippen LogP contribution in [-0.2, 0) is 14.3 Å². The number of ketones is 1. The standard InChI is InChI=1S/C17H22N2O5/c1-11(2)18-17(23)19-16(22)12(3)24-15(21)10-9-14(20)13-7-5-4-6-8-13/h4-8,11-12H,9-10H2,1-3H3,(H2,18,19,22,23)/t12-/m1/s1. The third-order valence-corrected chi connectivity index (χ3v) is 2.99. The molecule has 0 heterocycles. The Morgan fingerprint density at radius 2 is 1.62 bits per heavy atom. The molecule has 1 aromatic rings. The first-order valence-electron chi connectivity index (χ1n) is 7.68. The fraction of sp³-hybridized carbons (Fsp3) is 0.412. The molecule has 0 spiro atoms. The van der Waals surface area contributed by atoms with Gasteiger partial charge in [-0.05, 0) is 20.8 Å². The minimum atomic E-state index is -1.12. The molecule has 0 saturated carbocycles. The highest BCUT2D eigenvalue weighted by atomic mass is 16.5. The molecule has 0 saturated heterocycles. The van der Waals surface area contributed by atoms with Gasteiger partial charge in [-0.3, -0.25) is 19.7 Å². The number of esters is 1. The van der Waals surface area contributed by atoms with Crippen LogP contribution in [0.5, 0.6) is 0 Å². The summed E-state index contributed by atoms with van der Waals surface area (Å²) in [6, 6.07) is 7.81. The predicted octanol–water partition coefficient (Wildman–Crippen LogP) is 1.82. The van der Waals surface area contributed by atoms with Gasteiger partial charge in [-0.2, -0.15) is 0 Å². The van der Waals surface area contributed by atoms with Gasteiger partial charge in [-0.15, -0.1) is 0 Å². The first-order chi connectivity index (χ1) is 11.3. The topological polar surface area (TPSA) is 102 Å².